The van der Waals surface area contributed by atoms with Crippen LogP contribution in [0.1, 0.15) is 19.8 Å². The number of nitrogens with one attached hydrogen (secondary N) is 1. The summed E-state index contributed by atoms with van der Waals surface area (Å²) in [5.41, 5.74) is 0. The molecule has 2 heterocycles. The summed E-state index contributed by atoms with van der Waals surface area (Å²) in [5, 5.41) is 3.92. The molecule has 5 nitrogen and oxygen atoms in total. The van der Waals surface area contributed by atoms with Crippen LogP contribution in [0.15, 0.2) is 11.2 Å². The molecule has 0 aromatic carbocycles. The van der Waals surface area contributed by atoms with Gasteiger partial charge in [-0.2, -0.15) is 4.98 Å². The molecule has 0 amide bonds. The van der Waals surface area contributed by atoms with Gasteiger partial charge in [-0.05, 0) is 13.2 Å². The lowest BCUT2D eigenvalue weighted by molar-refractivity contribution is 0.0234. The Hall–Kier alpha value is -1.01. The van der Waals surface area contributed by atoms with E-state index in [0.29, 0.717) is 5.88 Å². The average Bonchev–Trinajstić information content (AvgIpc) is 2.40. The maximum atomic E-state index is 5.90. The van der Waals surface area contributed by atoms with Crippen molar-refractivity contribution >= 4 is 17.6 Å². The monoisotopic (exact) mass is 269 g/mol. The predicted octanol–water partition coefficient (Wildman–Crippen LogP) is 2.19. The lowest BCUT2D eigenvalue weighted by Gasteiger charge is -2.23. The Morgan fingerprint density at radius 3 is 2.89 bits per heavy atom. The summed E-state index contributed by atoms with van der Waals surface area (Å²) in [6, 6.07) is 1.86. The molecule has 1 fully saturated rings. The van der Waals surface area contributed by atoms with Gasteiger partial charge in [0.1, 0.15) is 11.9 Å². The number of hydrogen-bond donors (Lipinski definition) is 1. The molecule has 0 saturated carbocycles. The summed E-state index contributed by atoms with van der Waals surface area (Å²) in [4.78, 5) is 8.75. The highest BCUT2D eigenvalue weighted by Gasteiger charge is 2.16. The smallest absolute Gasteiger partial charge is 0.219 e. The van der Waals surface area contributed by atoms with E-state index in [-0.39, 0.29) is 6.10 Å². The largest absolute Gasteiger partial charge is 0.474 e. The van der Waals surface area contributed by atoms with Crippen molar-refractivity contribution in [2.45, 2.75) is 31.0 Å². The van der Waals surface area contributed by atoms with E-state index in [1.165, 1.54) is 11.8 Å². The van der Waals surface area contributed by atoms with Crippen molar-refractivity contribution in [1.82, 2.24) is 9.97 Å². The normalized spacial score (nSPS) is 16.6. The van der Waals surface area contributed by atoms with Crippen molar-refractivity contribution in [3.05, 3.63) is 6.07 Å². The molecule has 0 radical (unpaired) electrons. The summed E-state index contributed by atoms with van der Waals surface area (Å²) in [6.45, 7) is 4.41. The van der Waals surface area contributed by atoms with Crippen molar-refractivity contribution in [2.24, 2.45) is 0 Å². The quantitative estimate of drug-likeness (QED) is 0.653. The third-order valence-electron chi connectivity index (χ3n) is 2.68. The van der Waals surface area contributed by atoms with Gasteiger partial charge in [0.15, 0.2) is 5.16 Å². The van der Waals surface area contributed by atoms with Crippen LogP contribution < -0.4 is 10.1 Å². The highest BCUT2D eigenvalue weighted by molar-refractivity contribution is 7.98. The second-order valence-corrected chi connectivity index (χ2v) is 4.81. The number of thioether (sulfide) groups is 1. The molecule has 100 valence electrons. The van der Waals surface area contributed by atoms with Crippen molar-refractivity contribution in [2.75, 3.05) is 31.3 Å². The van der Waals surface area contributed by atoms with E-state index in [0.717, 1.165) is 43.6 Å². The Morgan fingerprint density at radius 2 is 2.22 bits per heavy atom. The Morgan fingerprint density at radius 1 is 1.44 bits per heavy atom. The minimum absolute atomic E-state index is 0.206. The van der Waals surface area contributed by atoms with Gasteiger partial charge in [0.25, 0.3) is 0 Å². The number of rotatable bonds is 5. The average molecular weight is 269 g/mol. The standard InChI is InChI=1S/C12H19N3O2S/c1-3-13-10-8-11(15-12(14-10)18-2)17-9-4-6-16-7-5-9/h8-9H,3-7H2,1-2H3,(H,13,14,15). The van der Waals surface area contributed by atoms with E-state index in [1.54, 1.807) is 0 Å². The number of nitrogens with zero attached hydrogens (tertiary/aromatic N) is 2. The third-order valence-corrected chi connectivity index (χ3v) is 3.23. The van der Waals surface area contributed by atoms with Crippen LogP contribution in [-0.2, 0) is 4.74 Å². The molecule has 2 rings (SSSR count). The van der Waals surface area contributed by atoms with Crippen molar-refractivity contribution < 1.29 is 9.47 Å². The molecular formula is C12H19N3O2S. The van der Waals surface area contributed by atoms with Gasteiger partial charge in [0.05, 0.1) is 13.2 Å². The second kappa shape index (κ2) is 6.80. The number of anilines is 1. The molecule has 1 aromatic heterocycles. The first-order valence-electron chi connectivity index (χ1n) is 6.23. The molecular weight excluding hydrogens is 250 g/mol. The Bertz CT molecular complexity index is 384. The SMILES string of the molecule is CCNc1cc(OC2CCOCC2)nc(SC)n1. The summed E-state index contributed by atoms with van der Waals surface area (Å²) in [7, 11) is 0. The molecule has 0 aliphatic carbocycles. The lowest BCUT2D eigenvalue weighted by atomic mass is 10.2. The summed E-state index contributed by atoms with van der Waals surface area (Å²) in [5.74, 6) is 1.47. The molecule has 1 aromatic rings. The van der Waals surface area contributed by atoms with Crippen LogP contribution in [-0.4, -0.2) is 42.1 Å². The molecule has 0 atom stereocenters. The van der Waals surface area contributed by atoms with Crippen LogP contribution in [0, 0.1) is 0 Å². The van der Waals surface area contributed by atoms with Crippen molar-refractivity contribution in [3.8, 4) is 5.88 Å². The summed E-state index contributed by atoms with van der Waals surface area (Å²) >= 11 is 1.52. The first kappa shape index (κ1) is 13.4. The molecule has 0 spiro atoms. The highest BCUT2D eigenvalue weighted by Crippen LogP contribution is 2.21. The van der Waals surface area contributed by atoms with E-state index >= 15 is 0 Å². The van der Waals surface area contributed by atoms with E-state index in [2.05, 4.69) is 15.3 Å². The van der Waals surface area contributed by atoms with Crippen molar-refractivity contribution in [3.63, 3.8) is 0 Å². The maximum Gasteiger partial charge on any atom is 0.219 e. The zero-order chi connectivity index (χ0) is 12.8. The van der Waals surface area contributed by atoms with E-state index in [1.807, 2.05) is 19.2 Å². The minimum Gasteiger partial charge on any atom is -0.474 e. The zero-order valence-corrected chi connectivity index (χ0v) is 11.6. The van der Waals surface area contributed by atoms with Gasteiger partial charge in [-0.15, -0.1) is 0 Å². The van der Waals surface area contributed by atoms with Gasteiger partial charge in [-0.25, -0.2) is 4.98 Å². The summed E-state index contributed by atoms with van der Waals surface area (Å²) < 4.78 is 11.2. The fourth-order valence-corrected chi connectivity index (χ4v) is 2.16. The lowest BCUT2D eigenvalue weighted by Crippen LogP contribution is -2.26. The van der Waals surface area contributed by atoms with E-state index < -0.39 is 0 Å². The minimum atomic E-state index is 0.206. The molecule has 6 heteroatoms. The van der Waals surface area contributed by atoms with Gasteiger partial charge in [0.2, 0.25) is 5.88 Å². The number of aromatic nitrogens is 2. The van der Waals surface area contributed by atoms with Gasteiger partial charge in [-0.3, -0.25) is 0 Å². The Labute approximate surface area is 112 Å². The van der Waals surface area contributed by atoms with Crippen molar-refractivity contribution in [1.29, 1.82) is 0 Å². The summed E-state index contributed by atoms with van der Waals surface area (Å²) in [6.07, 6.45) is 4.02. The molecule has 1 N–H and O–H groups in total. The molecule has 1 saturated heterocycles. The van der Waals surface area contributed by atoms with Gasteiger partial charge < -0.3 is 14.8 Å². The van der Waals surface area contributed by atoms with E-state index in [9.17, 15) is 0 Å². The van der Waals surface area contributed by atoms with Crippen LogP contribution in [0.2, 0.25) is 0 Å². The Balaban J connectivity index is 2.07. The number of ether oxygens (including phenoxy) is 2. The fraction of sp³-hybridized carbons (Fsp3) is 0.667. The number of hydrogen-bond acceptors (Lipinski definition) is 6. The van der Waals surface area contributed by atoms with Crippen LogP contribution in [0.3, 0.4) is 0 Å². The van der Waals surface area contributed by atoms with Gasteiger partial charge in [0, 0.05) is 25.5 Å². The highest BCUT2D eigenvalue weighted by atomic mass is 32.2. The molecule has 0 bridgehead atoms. The molecule has 1 aliphatic heterocycles. The van der Waals surface area contributed by atoms with Crippen LogP contribution in [0.25, 0.3) is 0 Å². The third kappa shape index (κ3) is 3.74. The first-order chi connectivity index (χ1) is 8.81. The molecule has 1 aliphatic rings. The van der Waals surface area contributed by atoms with E-state index in [4.69, 9.17) is 9.47 Å². The van der Waals surface area contributed by atoms with Crippen LogP contribution in [0.5, 0.6) is 5.88 Å². The maximum absolute atomic E-state index is 5.90. The predicted molar refractivity (Wildman–Crippen MR) is 72.4 cm³/mol. The van der Waals surface area contributed by atoms with Crippen LogP contribution >= 0.6 is 11.8 Å². The topological polar surface area (TPSA) is 56.3 Å². The second-order valence-electron chi connectivity index (χ2n) is 4.04. The zero-order valence-electron chi connectivity index (χ0n) is 10.8. The molecule has 0 unspecified atom stereocenters. The Kier molecular flexibility index (Phi) is 5.07. The van der Waals surface area contributed by atoms with Crippen LogP contribution in [0.4, 0.5) is 5.82 Å². The molecule has 18 heavy (non-hydrogen) atoms. The fourth-order valence-electron chi connectivity index (χ4n) is 1.79. The van der Waals surface area contributed by atoms with Gasteiger partial charge in [-0.1, -0.05) is 11.8 Å². The van der Waals surface area contributed by atoms with Gasteiger partial charge >= 0.3 is 0 Å². The first-order valence-corrected chi connectivity index (χ1v) is 7.45.